The van der Waals surface area contributed by atoms with Gasteiger partial charge in [-0.15, -0.1) is 0 Å². The van der Waals surface area contributed by atoms with Crippen molar-refractivity contribution in [1.82, 2.24) is 10.0 Å². The van der Waals surface area contributed by atoms with E-state index in [1.165, 1.54) is 30.3 Å². The predicted molar refractivity (Wildman–Crippen MR) is 107 cm³/mol. The smallest absolute Gasteiger partial charge is 0.240 e. The normalized spacial score (nSPS) is 26.8. The fraction of sp³-hybridized carbons (Fsp3) is 0.500. The molecule has 1 amide bonds. The number of nitrogens with one attached hydrogen (secondary N) is 2. The van der Waals surface area contributed by atoms with Crippen LogP contribution in [-0.2, 0) is 24.7 Å². The molecule has 10 heteroatoms. The molecule has 0 bridgehead atoms. The summed E-state index contributed by atoms with van der Waals surface area (Å²) in [5.74, 6) is -0.216. The maximum atomic E-state index is 12.3. The lowest BCUT2D eigenvalue weighted by Crippen LogP contribution is -2.41. The lowest BCUT2D eigenvalue weighted by Gasteiger charge is -2.28. The summed E-state index contributed by atoms with van der Waals surface area (Å²) in [4.78, 5) is 12.5. The molecule has 1 heterocycles. The van der Waals surface area contributed by atoms with Crippen LogP contribution in [0.2, 0.25) is 5.02 Å². The summed E-state index contributed by atoms with van der Waals surface area (Å²) < 4.78 is 50.1. The maximum absolute atomic E-state index is 12.3. The standard InChI is InChI=1S/C18H23ClN2O5S2/c19-15-5-7-17(8-6-15)28(25,26)20-11-13-1-3-14(4-2-13)18(22)21-16-9-10-27(23,24)12-16/h5-10,13-14,16,20H,1-4,11-12H2,(H,21,22). The van der Waals surface area contributed by atoms with Gasteiger partial charge in [0.15, 0.2) is 9.84 Å². The SMILES string of the molecule is O=C(NC1C=CS(=O)(=O)C1)C1CCC(CNS(=O)(=O)c2ccc(Cl)cc2)CC1. The highest BCUT2D eigenvalue weighted by Crippen LogP contribution is 2.29. The molecule has 154 valence electrons. The molecule has 1 saturated carbocycles. The van der Waals surface area contributed by atoms with Crippen LogP contribution < -0.4 is 10.0 Å². The molecule has 0 aromatic heterocycles. The van der Waals surface area contributed by atoms with Gasteiger partial charge in [-0.2, -0.15) is 0 Å². The van der Waals surface area contributed by atoms with Crippen molar-refractivity contribution in [3.8, 4) is 0 Å². The molecule has 2 aliphatic rings. The van der Waals surface area contributed by atoms with Crippen LogP contribution in [0.25, 0.3) is 0 Å². The third-order valence-corrected chi connectivity index (χ3v) is 8.25. The molecule has 1 fully saturated rings. The molecule has 1 aliphatic carbocycles. The summed E-state index contributed by atoms with van der Waals surface area (Å²) in [5, 5.41) is 4.39. The van der Waals surface area contributed by atoms with E-state index < -0.39 is 25.9 Å². The molecule has 0 spiro atoms. The first kappa shape index (κ1) is 21.3. The molecule has 0 radical (unpaired) electrons. The van der Waals surface area contributed by atoms with Crippen LogP contribution in [0.1, 0.15) is 25.7 Å². The molecule has 3 rings (SSSR count). The minimum absolute atomic E-state index is 0.0828. The van der Waals surface area contributed by atoms with Crippen molar-refractivity contribution < 1.29 is 21.6 Å². The third-order valence-electron chi connectivity index (χ3n) is 5.16. The second kappa shape index (κ2) is 8.52. The number of sulfone groups is 1. The van der Waals surface area contributed by atoms with Crippen molar-refractivity contribution in [2.45, 2.75) is 36.6 Å². The van der Waals surface area contributed by atoms with Crippen LogP contribution in [0.15, 0.2) is 40.6 Å². The number of hydrogen-bond donors (Lipinski definition) is 2. The minimum atomic E-state index is -3.59. The summed E-state index contributed by atoms with van der Waals surface area (Å²) in [6.07, 6.45) is 4.29. The molecule has 1 aliphatic heterocycles. The van der Waals surface area contributed by atoms with Crippen molar-refractivity contribution in [3.63, 3.8) is 0 Å². The summed E-state index contributed by atoms with van der Waals surface area (Å²) >= 11 is 5.79. The Kier molecular flexibility index (Phi) is 6.48. The van der Waals surface area contributed by atoms with Gasteiger partial charge >= 0.3 is 0 Å². The Morgan fingerprint density at radius 1 is 1.11 bits per heavy atom. The van der Waals surface area contributed by atoms with Gasteiger partial charge in [0.25, 0.3) is 0 Å². The van der Waals surface area contributed by atoms with Crippen LogP contribution >= 0.6 is 11.6 Å². The number of carbonyl (C=O) groups excluding carboxylic acids is 1. The van der Waals surface area contributed by atoms with E-state index in [4.69, 9.17) is 11.6 Å². The van der Waals surface area contributed by atoms with Crippen molar-refractivity contribution in [1.29, 1.82) is 0 Å². The second-order valence-electron chi connectivity index (χ2n) is 7.30. The van der Waals surface area contributed by atoms with Gasteiger partial charge < -0.3 is 5.32 Å². The first-order valence-corrected chi connectivity index (χ1v) is 12.7. The Morgan fingerprint density at radius 3 is 2.32 bits per heavy atom. The zero-order valence-corrected chi connectivity index (χ0v) is 17.6. The van der Waals surface area contributed by atoms with Crippen LogP contribution in [-0.4, -0.2) is 41.1 Å². The van der Waals surface area contributed by atoms with Gasteiger partial charge in [0.1, 0.15) is 0 Å². The highest BCUT2D eigenvalue weighted by atomic mass is 35.5. The largest absolute Gasteiger partial charge is 0.349 e. The van der Waals surface area contributed by atoms with Crippen LogP contribution in [0.5, 0.6) is 0 Å². The van der Waals surface area contributed by atoms with E-state index in [1.54, 1.807) is 0 Å². The molecular weight excluding hydrogens is 424 g/mol. The fourth-order valence-electron chi connectivity index (χ4n) is 3.52. The average molecular weight is 447 g/mol. The van der Waals surface area contributed by atoms with E-state index >= 15 is 0 Å². The maximum Gasteiger partial charge on any atom is 0.240 e. The molecule has 7 nitrogen and oxygen atoms in total. The zero-order chi connectivity index (χ0) is 20.4. The molecule has 1 aromatic rings. The minimum Gasteiger partial charge on any atom is -0.349 e. The number of carbonyl (C=O) groups is 1. The zero-order valence-electron chi connectivity index (χ0n) is 15.2. The van der Waals surface area contributed by atoms with Crippen molar-refractivity contribution >= 4 is 37.4 Å². The monoisotopic (exact) mass is 446 g/mol. The Hall–Kier alpha value is -1.42. The Bertz CT molecular complexity index is 950. The van der Waals surface area contributed by atoms with Crippen LogP contribution in [0.4, 0.5) is 0 Å². The van der Waals surface area contributed by atoms with E-state index in [0.717, 1.165) is 18.2 Å². The number of hydrogen-bond acceptors (Lipinski definition) is 5. The van der Waals surface area contributed by atoms with Gasteiger partial charge in [0.2, 0.25) is 15.9 Å². The van der Waals surface area contributed by atoms with Crippen molar-refractivity contribution in [3.05, 3.63) is 40.8 Å². The van der Waals surface area contributed by atoms with E-state index in [9.17, 15) is 21.6 Å². The average Bonchev–Trinajstić information content (AvgIpc) is 2.99. The highest BCUT2D eigenvalue weighted by Gasteiger charge is 2.30. The summed E-state index contributed by atoms with van der Waals surface area (Å²) in [6, 6.07) is 5.53. The summed E-state index contributed by atoms with van der Waals surface area (Å²) in [6.45, 7) is 0.322. The predicted octanol–water partition coefficient (Wildman–Crippen LogP) is 1.85. The number of amides is 1. The van der Waals surface area contributed by atoms with Crippen molar-refractivity contribution in [2.75, 3.05) is 12.3 Å². The van der Waals surface area contributed by atoms with Gasteiger partial charge in [-0.1, -0.05) is 11.6 Å². The van der Waals surface area contributed by atoms with E-state index in [-0.39, 0.29) is 28.4 Å². The molecule has 1 aromatic carbocycles. The molecular formula is C18H23ClN2O5S2. The second-order valence-corrected chi connectivity index (χ2v) is 11.4. The number of rotatable bonds is 6. The molecule has 28 heavy (non-hydrogen) atoms. The van der Waals surface area contributed by atoms with Gasteiger partial charge in [-0.25, -0.2) is 21.6 Å². The Labute approximate surface area is 170 Å². The molecule has 1 unspecified atom stereocenters. The van der Waals surface area contributed by atoms with Crippen LogP contribution in [0.3, 0.4) is 0 Å². The molecule has 1 atom stereocenters. The molecule has 0 saturated heterocycles. The summed E-state index contributed by atoms with van der Waals surface area (Å²) in [5.41, 5.74) is 0. The summed E-state index contributed by atoms with van der Waals surface area (Å²) in [7, 11) is -6.78. The molecule has 2 N–H and O–H groups in total. The Morgan fingerprint density at radius 2 is 1.75 bits per heavy atom. The Balaban J connectivity index is 1.44. The van der Waals surface area contributed by atoms with Gasteiger partial charge in [0.05, 0.1) is 16.7 Å². The van der Waals surface area contributed by atoms with E-state index in [2.05, 4.69) is 10.0 Å². The van der Waals surface area contributed by atoms with E-state index in [1.807, 2.05) is 0 Å². The van der Waals surface area contributed by atoms with Gasteiger partial charge in [-0.3, -0.25) is 4.79 Å². The first-order chi connectivity index (χ1) is 13.1. The van der Waals surface area contributed by atoms with Gasteiger partial charge in [-0.05, 0) is 61.9 Å². The fourth-order valence-corrected chi connectivity index (χ4v) is 6.00. The number of sulfonamides is 1. The van der Waals surface area contributed by atoms with Gasteiger partial charge in [0, 0.05) is 22.9 Å². The third kappa shape index (κ3) is 5.56. The van der Waals surface area contributed by atoms with Crippen LogP contribution in [0, 0.1) is 11.8 Å². The van der Waals surface area contributed by atoms with E-state index in [0.29, 0.717) is 24.4 Å². The highest BCUT2D eigenvalue weighted by molar-refractivity contribution is 7.94. The number of halogens is 1. The van der Waals surface area contributed by atoms with Crippen molar-refractivity contribution in [2.24, 2.45) is 11.8 Å². The topological polar surface area (TPSA) is 109 Å². The lowest BCUT2D eigenvalue weighted by molar-refractivity contribution is -0.126. The quantitative estimate of drug-likeness (QED) is 0.693. The lowest BCUT2D eigenvalue weighted by atomic mass is 9.81. The first-order valence-electron chi connectivity index (χ1n) is 9.11. The number of benzene rings is 1.